The summed E-state index contributed by atoms with van der Waals surface area (Å²) >= 11 is 12.5. The second-order valence-corrected chi connectivity index (χ2v) is 10.2. The van der Waals surface area contributed by atoms with Crippen LogP contribution in [0.4, 0.5) is 0 Å². The summed E-state index contributed by atoms with van der Waals surface area (Å²) in [6.07, 6.45) is 4.00. The average molecular weight is 537 g/mol. The van der Waals surface area contributed by atoms with Crippen LogP contribution in [0.25, 0.3) is 16.6 Å². The average Bonchev–Trinajstić information content (AvgIpc) is 2.89. The molecule has 1 aromatic heterocycles. The van der Waals surface area contributed by atoms with Crippen LogP contribution >= 0.6 is 23.2 Å². The van der Waals surface area contributed by atoms with Crippen LogP contribution in [0.5, 0.6) is 0 Å². The van der Waals surface area contributed by atoms with Gasteiger partial charge in [0.15, 0.2) is 0 Å². The molecule has 192 valence electrons. The molecule has 1 unspecified atom stereocenters. The molecule has 37 heavy (non-hydrogen) atoms. The Bertz CT molecular complexity index is 1460. The highest BCUT2D eigenvalue weighted by atomic mass is 35.5. The highest BCUT2D eigenvalue weighted by Gasteiger charge is 2.28. The zero-order chi connectivity index (χ0) is 26.5. The van der Waals surface area contributed by atoms with Gasteiger partial charge >= 0.3 is 0 Å². The molecule has 0 bridgehead atoms. The van der Waals surface area contributed by atoms with E-state index in [9.17, 15) is 9.59 Å². The first-order valence-electron chi connectivity index (χ1n) is 12.7. The number of benzene rings is 3. The zero-order valence-electron chi connectivity index (χ0n) is 21.4. The van der Waals surface area contributed by atoms with E-state index in [1.165, 1.54) is 0 Å². The molecule has 0 aliphatic heterocycles. The van der Waals surface area contributed by atoms with E-state index in [2.05, 4.69) is 6.92 Å². The minimum atomic E-state index is -0.500. The zero-order valence-corrected chi connectivity index (χ0v) is 22.9. The summed E-state index contributed by atoms with van der Waals surface area (Å²) in [7, 11) is 0. The van der Waals surface area contributed by atoms with Crippen molar-refractivity contribution < 1.29 is 4.79 Å². The van der Waals surface area contributed by atoms with E-state index in [4.69, 9.17) is 28.2 Å². The lowest BCUT2D eigenvalue weighted by atomic mass is 10.1. The van der Waals surface area contributed by atoms with Gasteiger partial charge in [-0.2, -0.15) is 0 Å². The Morgan fingerprint density at radius 1 is 1.00 bits per heavy atom. The maximum atomic E-state index is 13.9. The van der Waals surface area contributed by atoms with E-state index in [0.717, 1.165) is 31.2 Å². The number of aryl methyl sites for hydroxylation is 1. The van der Waals surface area contributed by atoms with Crippen molar-refractivity contribution in [3.05, 3.63) is 104 Å². The molecule has 1 atom stereocenters. The Labute approximate surface area is 227 Å². The predicted octanol–water partition coefficient (Wildman–Crippen LogP) is 7.78. The number of fused-ring (bicyclic) bond motifs is 1. The Morgan fingerprint density at radius 3 is 2.43 bits per heavy atom. The summed E-state index contributed by atoms with van der Waals surface area (Å²) in [5.74, 6) is 0.282. The molecular weight excluding hydrogens is 505 g/mol. The number of carbonyl (C=O) groups excluding carboxylic acids is 1. The maximum Gasteiger partial charge on any atom is 0.266 e. The van der Waals surface area contributed by atoms with Gasteiger partial charge in [-0.25, -0.2) is 4.98 Å². The van der Waals surface area contributed by atoms with Gasteiger partial charge in [0.2, 0.25) is 0 Å². The molecule has 0 fully saturated rings. The smallest absolute Gasteiger partial charge is 0.266 e. The summed E-state index contributed by atoms with van der Waals surface area (Å²) in [5, 5.41) is 1.29. The second-order valence-electron chi connectivity index (χ2n) is 9.32. The third-order valence-electron chi connectivity index (χ3n) is 6.61. The van der Waals surface area contributed by atoms with Crippen molar-refractivity contribution in [1.82, 2.24) is 14.5 Å². The Kier molecular flexibility index (Phi) is 8.67. The minimum Gasteiger partial charge on any atom is -0.329 e. The number of aromatic nitrogens is 2. The fourth-order valence-electron chi connectivity index (χ4n) is 4.51. The van der Waals surface area contributed by atoms with Crippen molar-refractivity contribution in [3.8, 4) is 5.69 Å². The van der Waals surface area contributed by atoms with Crippen LogP contribution in [-0.4, -0.2) is 26.9 Å². The van der Waals surface area contributed by atoms with Crippen LogP contribution in [0.2, 0.25) is 10.0 Å². The molecule has 0 radical (unpaired) electrons. The largest absolute Gasteiger partial charge is 0.329 e. The van der Waals surface area contributed by atoms with Crippen LogP contribution in [0.15, 0.2) is 71.5 Å². The normalized spacial score (nSPS) is 12.0. The number of para-hydroxylation sites is 1. The number of rotatable bonds is 9. The van der Waals surface area contributed by atoms with E-state index >= 15 is 0 Å². The first-order chi connectivity index (χ1) is 17.8. The first-order valence-corrected chi connectivity index (χ1v) is 13.4. The number of unbranched alkanes of at least 4 members (excludes halogenated alkanes) is 3. The molecule has 4 rings (SSSR count). The standard InChI is InChI=1S/C30H31Cl2N3O2/c1-4-5-6-9-18-34(29(36)24-17-14-22(31)19-26(24)32)21(3)28-33-27-11-8-7-10-25(27)30(37)35(28)23-15-12-20(2)13-16-23/h7-8,10-17,19,21H,4-6,9,18H2,1-3H3. The van der Waals surface area contributed by atoms with Crippen LogP contribution in [0, 0.1) is 6.92 Å². The lowest BCUT2D eigenvalue weighted by Crippen LogP contribution is -2.38. The fourth-order valence-corrected chi connectivity index (χ4v) is 5.00. The van der Waals surface area contributed by atoms with Gasteiger partial charge < -0.3 is 4.90 Å². The lowest BCUT2D eigenvalue weighted by molar-refractivity contribution is 0.0677. The SMILES string of the molecule is CCCCCCN(C(=O)c1ccc(Cl)cc1Cl)C(C)c1nc2ccccc2c(=O)n1-c1ccc(C)cc1. The van der Waals surface area contributed by atoms with Crippen molar-refractivity contribution in [2.45, 2.75) is 52.5 Å². The summed E-state index contributed by atoms with van der Waals surface area (Å²) < 4.78 is 1.63. The van der Waals surface area contributed by atoms with Gasteiger partial charge in [-0.1, -0.05) is 79.2 Å². The van der Waals surface area contributed by atoms with Gasteiger partial charge in [-0.05, 0) is 62.7 Å². The van der Waals surface area contributed by atoms with Crippen LogP contribution in [-0.2, 0) is 0 Å². The Balaban J connectivity index is 1.86. The summed E-state index contributed by atoms with van der Waals surface area (Å²) in [4.78, 5) is 34.4. The quantitative estimate of drug-likeness (QED) is 0.205. The Morgan fingerprint density at radius 2 is 1.73 bits per heavy atom. The molecule has 4 aromatic rings. The highest BCUT2D eigenvalue weighted by molar-refractivity contribution is 6.36. The second kappa shape index (κ2) is 11.9. The third-order valence-corrected chi connectivity index (χ3v) is 7.16. The number of hydrogen-bond donors (Lipinski definition) is 0. The molecule has 5 nitrogen and oxygen atoms in total. The summed E-state index contributed by atoms with van der Waals surface area (Å²) in [6.45, 7) is 6.58. The van der Waals surface area contributed by atoms with Crippen molar-refractivity contribution in [2.75, 3.05) is 6.54 Å². The number of hydrogen-bond acceptors (Lipinski definition) is 3. The number of amides is 1. The van der Waals surface area contributed by atoms with Gasteiger partial charge in [0.1, 0.15) is 5.82 Å². The molecule has 7 heteroatoms. The molecular formula is C30H31Cl2N3O2. The van der Waals surface area contributed by atoms with E-state index in [-0.39, 0.29) is 11.5 Å². The van der Waals surface area contributed by atoms with Crippen molar-refractivity contribution in [2.24, 2.45) is 0 Å². The van der Waals surface area contributed by atoms with E-state index in [1.54, 1.807) is 33.7 Å². The first kappa shape index (κ1) is 26.9. The van der Waals surface area contributed by atoms with Gasteiger partial charge in [0, 0.05) is 11.6 Å². The van der Waals surface area contributed by atoms with Gasteiger partial charge in [-0.3, -0.25) is 14.2 Å². The van der Waals surface area contributed by atoms with Crippen LogP contribution in [0.1, 0.15) is 67.3 Å². The van der Waals surface area contributed by atoms with Gasteiger partial charge in [-0.15, -0.1) is 0 Å². The van der Waals surface area contributed by atoms with E-state index in [1.807, 2.05) is 56.3 Å². The van der Waals surface area contributed by atoms with Crippen molar-refractivity contribution in [1.29, 1.82) is 0 Å². The molecule has 0 aliphatic rings. The number of carbonyl (C=O) groups is 1. The molecule has 0 aliphatic carbocycles. The Hall–Kier alpha value is -3.15. The molecule has 0 saturated heterocycles. The molecule has 1 amide bonds. The third kappa shape index (κ3) is 5.89. The predicted molar refractivity (Wildman–Crippen MR) is 152 cm³/mol. The number of nitrogens with zero attached hydrogens (tertiary/aromatic N) is 3. The molecule has 0 N–H and O–H groups in total. The highest BCUT2D eigenvalue weighted by Crippen LogP contribution is 2.28. The van der Waals surface area contributed by atoms with Gasteiger partial charge in [0.05, 0.1) is 33.2 Å². The topological polar surface area (TPSA) is 55.2 Å². The molecule has 1 heterocycles. The number of halogens is 2. The molecule has 0 spiro atoms. The van der Waals surface area contributed by atoms with Gasteiger partial charge in [0.25, 0.3) is 11.5 Å². The minimum absolute atomic E-state index is 0.167. The van der Waals surface area contributed by atoms with Crippen molar-refractivity contribution >= 4 is 40.0 Å². The van der Waals surface area contributed by atoms with E-state index in [0.29, 0.717) is 44.6 Å². The lowest BCUT2D eigenvalue weighted by Gasteiger charge is -2.31. The fraction of sp³-hybridized carbons (Fsp3) is 0.300. The molecule has 3 aromatic carbocycles. The van der Waals surface area contributed by atoms with Crippen molar-refractivity contribution in [3.63, 3.8) is 0 Å². The maximum absolute atomic E-state index is 13.9. The monoisotopic (exact) mass is 535 g/mol. The van der Waals surface area contributed by atoms with Crippen LogP contribution in [0.3, 0.4) is 0 Å². The van der Waals surface area contributed by atoms with Crippen LogP contribution < -0.4 is 5.56 Å². The summed E-state index contributed by atoms with van der Waals surface area (Å²) in [6, 6.07) is 19.4. The summed E-state index contributed by atoms with van der Waals surface area (Å²) in [5.41, 5.74) is 2.60. The molecule has 0 saturated carbocycles. The van der Waals surface area contributed by atoms with E-state index < -0.39 is 6.04 Å².